The van der Waals surface area contributed by atoms with Crippen LogP contribution in [0.15, 0.2) is 54.6 Å². The first-order valence-electron chi connectivity index (χ1n) is 13.1. The molecular weight excluding hydrogens is 526 g/mol. The van der Waals surface area contributed by atoms with E-state index in [9.17, 15) is 18.7 Å². The summed E-state index contributed by atoms with van der Waals surface area (Å²) in [4.78, 5) is 11.4. The van der Waals surface area contributed by atoms with E-state index in [-0.39, 0.29) is 24.0 Å². The predicted molar refractivity (Wildman–Crippen MR) is 146 cm³/mol. The molecule has 9 heteroatoms. The molecule has 0 bridgehead atoms. The molecule has 6 nitrogen and oxygen atoms in total. The second kappa shape index (κ2) is 11.4. The summed E-state index contributed by atoms with van der Waals surface area (Å²) in [6.45, 7) is 0.537. The molecular formula is C30H31ClF2N2O4. The average molecular weight is 557 g/mol. The average Bonchev–Trinajstić information content (AvgIpc) is 3.30. The number of rotatable bonds is 9. The number of anilines is 2. The molecule has 1 atom stereocenters. The zero-order valence-electron chi connectivity index (χ0n) is 21.6. The third-order valence-electron chi connectivity index (χ3n) is 7.89. The van der Waals surface area contributed by atoms with E-state index < -0.39 is 23.3 Å². The maximum Gasteiger partial charge on any atom is 0.335 e. The Morgan fingerprint density at radius 1 is 1.03 bits per heavy atom. The van der Waals surface area contributed by atoms with Gasteiger partial charge in [-0.25, -0.2) is 13.6 Å². The van der Waals surface area contributed by atoms with Gasteiger partial charge in [0.15, 0.2) is 11.6 Å². The Labute approximate surface area is 231 Å². The van der Waals surface area contributed by atoms with Gasteiger partial charge in [-0.15, -0.1) is 0 Å². The lowest BCUT2D eigenvalue weighted by Gasteiger charge is -2.44. The first kappa shape index (κ1) is 27.2. The summed E-state index contributed by atoms with van der Waals surface area (Å²) in [5.74, 6) is -2.29. The summed E-state index contributed by atoms with van der Waals surface area (Å²) in [6.07, 6.45) is 5.37. The Morgan fingerprint density at radius 3 is 2.26 bits per heavy atom. The molecule has 1 fully saturated rings. The van der Waals surface area contributed by atoms with Gasteiger partial charge in [-0.2, -0.15) is 0 Å². The number of carboxylic acids is 1. The van der Waals surface area contributed by atoms with Crippen LogP contribution in [0.4, 0.5) is 20.2 Å². The van der Waals surface area contributed by atoms with Crippen molar-refractivity contribution in [3.63, 3.8) is 0 Å². The molecule has 1 heterocycles. The van der Waals surface area contributed by atoms with Crippen molar-refractivity contribution in [3.05, 3.63) is 87.9 Å². The number of methoxy groups -OCH3 is 1. The van der Waals surface area contributed by atoms with E-state index in [1.165, 1.54) is 37.8 Å². The van der Waals surface area contributed by atoms with E-state index >= 15 is 0 Å². The molecule has 206 valence electrons. The summed E-state index contributed by atoms with van der Waals surface area (Å²) in [6, 6.07) is 14.5. The SMILES string of the molecule is COc1cc(C(=O)O)ccc1COCC(C1CCCCC1)C1(c2ccc(Cl)cc2)Nc2cc(F)c(F)cc2N1. The maximum absolute atomic E-state index is 14.2. The topological polar surface area (TPSA) is 79.8 Å². The molecule has 5 rings (SSSR count). The van der Waals surface area contributed by atoms with Crippen LogP contribution in [0.2, 0.25) is 5.02 Å². The van der Waals surface area contributed by atoms with Crippen LogP contribution in [0, 0.1) is 23.5 Å². The van der Waals surface area contributed by atoms with E-state index in [4.69, 9.17) is 21.1 Å². The van der Waals surface area contributed by atoms with Crippen LogP contribution in [0.3, 0.4) is 0 Å². The fraction of sp³-hybridized carbons (Fsp3) is 0.367. The van der Waals surface area contributed by atoms with Gasteiger partial charge >= 0.3 is 5.97 Å². The van der Waals surface area contributed by atoms with Crippen LogP contribution in [-0.2, 0) is 17.0 Å². The van der Waals surface area contributed by atoms with Crippen molar-refractivity contribution in [1.82, 2.24) is 0 Å². The highest BCUT2D eigenvalue weighted by Gasteiger charge is 2.48. The smallest absolute Gasteiger partial charge is 0.335 e. The van der Waals surface area contributed by atoms with E-state index in [1.807, 2.05) is 12.1 Å². The number of hydrogen-bond acceptors (Lipinski definition) is 5. The third kappa shape index (κ3) is 5.54. The predicted octanol–water partition coefficient (Wildman–Crippen LogP) is 7.43. The van der Waals surface area contributed by atoms with Gasteiger partial charge in [0.05, 0.1) is 37.3 Å². The summed E-state index contributed by atoms with van der Waals surface area (Å²) in [5.41, 5.74) is 1.81. The molecule has 2 aliphatic rings. The number of fused-ring (bicyclic) bond motifs is 1. The first-order chi connectivity index (χ1) is 18.8. The Kier molecular flexibility index (Phi) is 7.96. The highest BCUT2D eigenvalue weighted by Crippen LogP contribution is 2.49. The van der Waals surface area contributed by atoms with Gasteiger partial charge in [-0.05, 0) is 48.6 Å². The molecule has 0 aromatic heterocycles. The minimum atomic E-state index is -1.03. The Bertz CT molecular complexity index is 1310. The van der Waals surface area contributed by atoms with E-state index in [0.29, 0.717) is 28.8 Å². The van der Waals surface area contributed by atoms with Crippen LogP contribution in [-0.4, -0.2) is 24.8 Å². The van der Waals surface area contributed by atoms with E-state index in [2.05, 4.69) is 10.6 Å². The van der Waals surface area contributed by atoms with Crippen molar-refractivity contribution < 1.29 is 28.2 Å². The number of aromatic carboxylic acids is 1. The molecule has 0 saturated heterocycles. The molecule has 39 heavy (non-hydrogen) atoms. The number of nitrogens with one attached hydrogen (secondary N) is 2. The van der Waals surface area contributed by atoms with Crippen molar-refractivity contribution in [2.75, 3.05) is 24.4 Å². The van der Waals surface area contributed by atoms with Gasteiger partial charge in [0, 0.05) is 28.6 Å². The first-order valence-corrected chi connectivity index (χ1v) is 13.5. The Morgan fingerprint density at radius 2 is 1.67 bits per heavy atom. The van der Waals surface area contributed by atoms with Gasteiger partial charge in [-0.1, -0.05) is 49.1 Å². The number of halogens is 3. The molecule has 1 unspecified atom stereocenters. The van der Waals surface area contributed by atoms with Gasteiger partial charge in [0.25, 0.3) is 0 Å². The highest BCUT2D eigenvalue weighted by molar-refractivity contribution is 6.30. The second-order valence-corrected chi connectivity index (χ2v) is 10.7. The van der Waals surface area contributed by atoms with Crippen LogP contribution >= 0.6 is 11.6 Å². The third-order valence-corrected chi connectivity index (χ3v) is 8.14. The molecule has 3 aromatic rings. The van der Waals surface area contributed by atoms with E-state index in [0.717, 1.165) is 36.8 Å². The van der Waals surface area contributed by atoms with Crippen LogP contribution in [0.5, 0.6) is 5.75 Å². The Hall–Kier alpha value is -3.36. The van der Waals surface area contributed by atoms with Crippen LogP contribution in [0.25, 0.3) is 0 Å². The summed E-state index contributed by atoms with van der Waals surface area (Å²) in [5, 5.41) is 16.9. The highest BCUT2D eigenvalue weighted by atomic mass is 35.5. The summed E-state index contributed by atoms with van der Waals surface area (Å²) < 4.78 is 40.2. The van der Waals surface area contributed by atoms with Crippen molar-refractivity contribution in [3.8, 4) is 5.75 Å². The molecule has 0 amide bonds. The standard InChI is InChI=1S/C30H31ClF2N2O4/c1-38-28-13-19(29(36)37)7-8-20(28)16-39-17-23(18-5-3-2-4-6-18)30(21-9-11-22(31)12-10-21)34-26-14-24(32)25(33)15-27(26)35-30/h7-15,18,23,34-35H,2-6,16-17H2,1H3,(H,36,37). The van der Waals surface area contributed by atoms with Gasteiger partial charge in [0.1, 0.15) is 11.4 Å². The zero-order valence-corrected chi connectivity index (χ0v) is 22.4. The van der Waals surface area contributed by atoms with Crippen LogP contribution < -0.4 is 15.4 Å². The summed E-state index contributed by atoms with van der Waals surface area (Å²) >= 11 is 6.22. The molecule has 3 N–H and O–H groups in total. The number of ether oxygens (including phenoxy) is 2. The van der Waals surface area contributed by atoms with Crippen molar-refractivity contribution in [2.45, 2.75) is 44.4 Å². The van der Waals surface area contributed by atoms with Crippen molar-refractivity contribution in [2.24, 2.45) is 11.8 Å². The maximum atomic E-state index is 14.2. The van der Waals surface area contributed by atoms with Gasteiger partial charge in [0.2, 0.25) is 0 Å². The van der Waals surface area contributed by atoms with E-state index in [1.54, 1.807) is 18.2 Å². The molecule has 1 saturated carbocycles. The lowest BCUT2D eigenvalue weighted by molar-refractivity contribution is 0.0301. The minimum absolute atomic E-state index is 0.123. The lowest BCUT2D eigenvalue weighted by atomic mass is 9.72. The number of carboxylic acid groups (broad SMARTS) is 1. The molecule has 0 radical (unpaired) electrons. The minimum Gasteiger partial charge on any atom is -0.496 e. The fourth-order valence-corrected chi connectivity index (χ4v) is 6.04. The molecule has 0 spiro atoms. The Balaban J connectivity index is 1.49. The molecule has 3 aromatic carbocycles. The fourth-order valence-electron chi connectivity index (χ4n) is 5.91. The van der Waals surface area contributed by atoms with Crippen molar-refractivity contribution in [1.29, 1.82) is 0 Å². The zero-order chi connectivity index (χ0) is 27.6. The monoisotopic (exact) mass is 556 g/mol. The number of carbonyl (C=O) groups is 1. The van der Waals surface area contributed by atoms with Crippen molar-refractivity contribution >= 4 is 28.9 Å². The van der Waals surface area contributed by atoms with Crippen LogP contribution in [0.1, 0.15) is 53.6 Å². The quantitative estimate of drug-likeness (QED) is 0.254. The van der Waals surface area contributed by atoms with Gasteiger partial charge in [-0.3, -0.25) is 0 Å². The lowest BCUT2D eigenvalue weighted by Crippen LogP contribution is -2.51. The second-order valence-electron chi connectivity index (χ2n) is 10.2. The normalized spacial score (nSPS) is 17.1. The molecule has 1 aliphatic heterocycles. The number of hydrogen-bond donors (Lipinski definition) is 3. The molecule has 1 aliphatic carbocycles. The largest absolute Gasteiger partial charge is 0.496 e. The summed E-state index contributed by atoms with van der Waals surface area (Å²) in [7, 11) is 1.49. The van der Waals surface area contributed by atoms with Gasteiger partial charge < -0.3 is 25.2 Å². The number of benzene rings is 3.